The smallest absolute Gasteiger partial charge is 0.200 e. The molecular weight excluding hydrogens is 272 g/mol. The van der Waals surface area contributed by atoms with E-state index in [1.807, 2.05) is 54.6 Å². The summed E-state index contributed by atoms with van der Waals surface area (Å²) in [6.45, 7) is 0. The molecule has 0 spiro atoms. The van der Waals surface area contributed by atoms with Gasteiger partial charge in [0.1, 0.15) is 11.3 Å². The maximum Gasteiger partial charge on any atom is 0.200 e. The van der Waals surface area contributed by atoms with Gasteiger partial charge < -0.3 is 10.2 Å². The van der Waals surface area contributed by atoms with Gasteiger partial charge in [0.25, 0.3) is 0 Å². The Kier molecular flexibility index (Phi) is 2.73. The summed E-state index contributed by atoms with van der Waals surface area (Å²) in [5.74, 6) is 0.761. The molecule has 0 saturated heterocycles. The molecule has 4 N–H and O–H groups in total. The summed E-state index contributed by atoms with van der Waals surface area (Å²) in [6, 6.07) is 21.8. The molecule has 106 valence electrons. The Balaban J connectivity index is 2.21. The van der Waals surface area contributed by atoms with Gasteiger partial charge in [0, 0.05) is 34.3 Å². The van der Waals surface area contributed by atoms with E-state index >= 15 is 0 Å². The SMILES string of the molecule is Nc1ccc2c(-c3ccccc3)c3ccc(=[NH2+])cc-3oc2c1. The molecule has 0 amide bonds. The molecule has 0 aromatic heterocycles. The van der Waals surface area contributed by atoms with Gasteiger partial charge in [0.2, 0.25) is 0 Å². The molecule has 2 aliphatic rings. The Morgan fingerprint density at radius 3 is 2.50 bits per heavy atom. The minimum atomic E-state index is 0.679. The van der Waals surface area contributed by atoms with Gasteiger partial charge >= 0.3 is 0 Å². The van der Waals surface area contributed by atoms with E-state index in [2.05, 4.69) is 12.1 Å². The third-order valence-corrected chi connectivity index (χ3v) is 3.83. The average molecular weight is 287 g/mol. The van der Waals surface area contributed by atoms with Crippen molar-refractivity contribution in [2.24, 2.45) is 0 Å². The van der Waals surface area contributed by atoms with E-state index < -0.39 is 0 Å². The number of hydrogen-bond acceptors (Lipinski definition) is 2. The molecule has 3 heteroatoms. The Morgan fingerprint density at radius 1 is 0.864 bits per heavy atom. The molecule has 2 aromatic rings. The number of nitrogen functional groups attached to an aromatic ring is 1. The second-order valence-corrected chi connectivity index (χ2v) is 5.35. The van der Waals surface area contributed by atoms with E-state index in [0.29, 0.717) is 11.0 Å². The standard InChI is InChI=1S/C19H14N2O/c20-13-6-8-15-17(10-13)22-18-11-14(21)7-9-16(18)19(15)12-4-2-1-3-5-12/h1-11,20H,21H2/p+1. The van der Waals surface area contributed by atoms with Crippen LogP contribution in [0.4, 0.5) is 5.69 Å². The van der Waals surface area contributed by atoms with E-state index in [1.54, 1.807) is 0 Å². The van der Waals surface area contributed by atoms with Gasteiger partial charge in [-0.15, -0.1) is 0 Å². The van der Waals surface area contributed by atoms with E-state index in [1.165, 1.54) is 0 Å². The first-order valence-corrected chi connectivity index (χ1v) is 7.12. The molecule has 1 heterocycles. The molecule has 1 aliphatic heterocycles. The maximum absolute atomic E-state index is 6.01. The van der Waals surface area contributed by atoms with E-state index in [0.717, 1.165) is 33.4 Å². The molecule has 22 heavy (non-hydrogen) atoms. The summed E-state index contributed by atoms with van der Waals surface area (Å²) in [5.41, 5.74) is 10.7. The van der Waals surface area contributed by atoms with Crippen LogP contribution in [0.15, 0.2) is 71.1 Å². The van der Waals surface area contributed by atoms with Crippen LogP contribution in [0.2, 0.25) is 0 Å². The highest BCUT2D eigenvalue weighted by Gasteiger charge is 2.17. The lowest BCUT2D eigenvalue weighted by atomic mass is 9.94. The summed E-state index contributed by atoms with van der Waals surface area (Å²) in [7, 11) is 0. The van der Waals surface area contributed by atoms with Crippen molar-refractivity contribution in [2.75, 3.05) is 5.73 Å². The normalized spacial score (nSPS) is 11.1. The third kappa shape index (κ3) is 1.95. The molecule has 3 nitrogen and oxygen atoms in total. The number of hydrogen-bond donors (Lipinski definition) is 2. The van der Waals surface area contributed by atoms with Crippen LogP contribution < -0.4 is 16.5 Å². The topological polar surface area (TPSA) is 64.8 Å². The highest BCUT2D eigenvalue weighted by Crippen LogP contribution is 2.39. The van der Waals surface area contributed by atoms with Crippen LogP contribution >= 0.6 is 0 Å². The van der Waals surface area contributed by atoms with Gasteiger partial charge in [-0.3, -0.25) is 5.41 Å². The molecule has 1 aliphatic carbocycles. The van der Waals surface area contributed by atoms with Crippen molar-refractivity contribution in [3.8, 4) is 22.5 Å². The molecule has 0 bridgehead atoms. The quantitative estimate of drug-likeness (QED) is 0.417. The zero-order valence-corrected chi connectivity index (χ0v) is 11.9. The number of fused-ring (bicyclic) bond motifs is 2. The number of nitrogens with two attached hydrogens (primary N) is 2. The van der Waals surface area contributed by atoms with Crippen LogP contribution in [0.3, 0.4) is 0 Å². The fraction of sp³-hybridized carbons (Fsp3) is 0. The summed E-state index contributed by atoms with van der Waals surface area (Å²) in [4.78, 5) is 0. The summed E-state index contributed by atoms with van der Waals surface area (Å²) in [5, 5.41) is 7.62. The summed E-state index contributed by atoms with van der Waals surface area (Å²) in [6.07, 6.45) is 0. The predicted molar refractivity (Wildman–Crippen MR) is 87.7 cm³/mol. The fourth-order valence-electron chi connectivity index (χ4n) is 2.84. The number of rotatable bonds is 1. The van der Waals surface area contributed by atoms with Gasteiger partial charge in [0.15, 0.2) is 5.36 Å². The molecule has 0 saturated carbocycles. The molecular formula is C19H15N2O+. The predicted octanol–water partition coefficient (Wildman–Crippen LogP) is 2.45. The van der Waals surface area contributed by atoms with E-state index in [9.17, 15) is 0 Å². The second-order valence-electron chi connectivity index (χ2n) is 5.35. The van der Waals surface area contributed by atoms with Crippen LogP contribution in [0, 0.1) is 0 Å². The highest BCUT2D eigenvalue weighted by molar-refractivity contribution is 6.02. The highest BCUT2D eigenvalue weighted by atomic mass is 16.3. The minimum Gasteiger partial charge on any atom is -0.456 e. The Hall–Kier alpha value is -3.07. The first kappa shape index (κ1) is 12.7. The Labute approximate surface area is 127 Å². The first-order valence-electron chi connectivity index (χ1n) is 7.12. The van der Waals surface area contributed by atoms with Crippen LogP contribution in [0.5, 0.6) is 0 Å². The van der Waals surface area contributed by atoms with E-state index in [4.69, 9.17) is 15.6 Å². The van der Waals surface area contributed by atoms with E-state index in [-0.39, 0.29) is 0 Å². The van der Waals surface area contributed by atoms with Gasteiger partial charge in [-0.1, -0.05) is 30.3 Å². The Bertz CT molecular complexity index is 1000. The van der Waals surface area contributed by atoms with Crippen LogP contribution in [0.1, 0.15) is 0 Å². The minimum absolute atomic E-state index is 0.679. The molecule has 0 radical (unpaired) electrons. The molecule has 0 fully saturated rings. The maximum atomic E-state index is 6.01. The first-order chi connectivity index (χ1) is 10.7. The summed E-state index contributed by atoms with van der Waals surface area (Å²) >= 11 is 0. The summed E-state index contributed by atoms with van der Waals surface area (Å²) < 4.78 is 6.01. The second kappa shape index (κ2) is 4.74. The van der Waals surface area contributed by atoms with Crippen LogP contribution in [-0.4, -0.2) is 0 Å². The molecule has 2 aromatic carbocycles. The van der Waals surface area contributed by atoms with Crippen molar-refractivity contribution in [2.45, 2.75) is 0 Å². The number of anilines is 1. The van der Waals surface area contributed by atoms with Gasteiger partial charge in [-0.05, 0) is 23.8 Å². The van der Waals surface area contributed by atoms with Gasteiger partial charge in [-0.25, -0.2) is 0 Å². The van der Waals surface area contributed by atoms with Gasteiger partial charge in [0.05, 0.1) is 6.07 Å². The fourth-order valence-corrected chi connectivity index (χ4v) is 2.84. The zero-order valence-electron chi connectivity index (χ0n) is 11.9. The lowest BCUT2D eigenvalue weighted by Gasteiger charge is -2.14. The van der Waals surface area contributed by atoms with Crippen LogP contribution in [-0.2, 0) is 0 Å². The molecule has 0 unspecified atom stereocenters. The Morgan fingerprint density at radius 2 is 1.68 bits per heavy atom. The lowest BCUT2D eigenvalue weighted by Crippen LogP contribution is -2.44. The largest absolute Gasteiger partial charge is 0.456 e. The molecule has 0 atom stereocenters. The lowest BCUT2D eigenvalue weighted by molar-refractivity contribution is -0.172. The van der Waals surface area contributed by atoms with Crippen molar-refractivity contribution in [3.05, 3.63) is 72.1 Å². The van der Waals surface area contributed by atoms with Gasteiger partial charge in [-0.2, -0.15) is 0 Å². The third-order valence-electron chi connectivity index (χ3n) is 3.83. The zero-order chi connectivity index (χ0) is 15.1. The number of benzene rings is 3. The van der Waals surface area contributed by atoms with Crippen molar-refractivity contribution < 1.29 is 9.83 Å². The van der Waals surface area contributed by atoms with Crippen LogP contribution in [0.25, 0.3) is 33.4 Å². The average Bonchev–Trinajstić information content (AvgIpc) is 2.53. The van der Waals surface area contributed by atoms with Crippen molar-refractivity contribution in [1.29, 1.82) is 0 Å². The van der Waals surface area contributed by atoms with Crippen molar-refractivity contribution >= 4 is 16.7 Å². The van der Waals surface area contributed by atoms with Crippen molar-refractivity contribution in [1.82, 2.24) is 0 Å². The monoisotopic (exact) mass is 287 g/mol. The molecule has 4 rings (SSSR count). The van der Waals surface area contributed by atoms with Crippen molar-refractivity contribution in [3.63, 3.8) is 0 Å².